The lowest BCUT2D eigenvalue weighted by Crippen LogP contribution is -2.54. The first-order valence-electron chi connectivity index (χ1n) is 16.6. The first-order chi connectivity index (χ1) is 23.2. The molecule has 0 bridgehead atoms. The Balaban J connectivity index is 1.57. The molecule has 0 spiro atoms. The van der Waals surface area contributed by atoms with Crippen molar-refractivity contribution in [2.75, 3.05) is 18.0 Å². The van der Waals surface area contributed by atoms with Crippen LogP contribution in [0.5, 0.6) is 5.75 Å². The molecule has 1 N–H and O–H groups in total. The molecule has 9 heteroatoms. The van der Waals surface area contributed by atoms with E-state index in [4.69, 9.17) is 4.74 Å². The lowest BCUT2D eigenvalue weighted by atomic mass is 10.0. The first kappa shape index (κ1) is 34.7. The van der Waals surface area contributed by atoms with E-state index < -0.39 is 28.5 Å². The number of hydrogen-bond donors (Lipinski definition) is 1. The quantitative estimate of drug-likeness (QED) is 0.161. The second-order valence-corrected chi connectivity index (χ2v) is 14.5. The van der Waals surface area contributed by atoms with E-state index >= 15 is 0 Å². The number of rotatable bonds is 14. The van der Waals surface area contributed by atoms with Crippen LogP contribution in [0.4, 0.5) is 5.69 Å². The summed E-state index contributed by atoms with van der Waals surface area (Å²) in [5, 5.41) is 3.21. The van der Waals surface area contributed by atoms with E-state index in [2.05, 4.69) is 19.2 Å². The lowest BCUT2D eigenvalue weighted by Gasteiger charge is -2.34. The van der Waals surface area contributed by atoms with Gasteiger partial charge in [0, 0.05) is 19.0 Å². The molecular weight excluding hydrogens is 623 g/mol. The van der Waals surface area contributed by atoms with Crippen LogP contribution in [0.2, 0.25) is 0 Å². The van der Waals surface area contributed by atoms with Crippen molar-refractivity contribution in [2.45, 2.75) is 75.4 Å². The van der Waals surface area contributed by atoms with Crippen LogP contribution in [0.1, 0.15) is 62.1 Å². The highest BCUT2D eigenvalue weighted by Crippen LogP contribution is 2.28. The second kappa shape index (κ2) is 16.0. The van der Waals surface area contributed by atoms with Gasteiger partial charge >= 0.3 is 0 Å². The van der Waals surface area contributed by atoms with Gasteiger partial charge in [-0.2, -0.15) is 0 Å². The third-order valence-corrected chi connectivity index (χ3v) is 10.7. The van der Waals surface area contributed by atoms with Crippen molar-refractivity contribution in [3.63, 3.8) is 0 Å². The predicted molar refractivity (Wildman–Crippen MR) is 189 cm³/mol. The minimum Gasteiger partial charge on any atom is -0.497 e. The molecule has 4 aromatic carbocycles. The summed E-state index contributed by atoms with van der Waals surface area (Å²) in [6.07, 6.45) is 4.14. The monoisotopic (exact) mass is 667 g/mol. The van der Waals surface area contributed by atoms with Gasteiger partial charge in [-0.1, -0.05) is 99.5 Å². The van der Waals surface area contributed by atoms with Crippen molar-refractivity contribution in [3.05, 3.63) is 126 Å². The number of anilines is 1. The Morgan fingerprint density at radius 1 is 0.833 bits per heavy atom. The van der Waals surface area contributed by atoms with Crippen molar-refractivity contribution in [2.24, 2.45) is 0 Å². The Morgan fingerprint density at radius 2 is 1.46 bits per heavy atom. The van der Waals surface area contributed by atoms with Gasteiger partial charge in [0.1, 0.15) is 18.3 Å². The third-order valence-electron chi connectivity index (χ3n) is 8.92. The fraction of sp³-hybridized carbons (Fsp3) is 0.333. The molecule has 2 amide bonds. The van der Waals surface area contributed by atoms with Gasteiger partial charge in [-0.15, -0.1) is 0 Å². The van der Waals surface area contributed by atoms with Crippen LogP contribution in [0.25, 0.3) is 0 Å². The molecule has 1 aliphatic carbocycles. The summed E-state index contributed by atoms with van der Waals surface area (Å²) < 4.78 is 35.1. The third kappa shape index (κ3) is 8.63. The van der Waals surface area contributed by atoms with Gasteiger partial charge in [-0.3, -0.25) is 13.9 Å². The van der Waals surface area contributed by atoms with Crippen LogP contribution >= 0.6 is 0 Å². The highest BCUT2D eigenvalue weighted by Gasteiger charge is 2.35. The maximum absolute atomic E-state index is 14.7. The number of carbonyl (C=O) groups excluding carboxylic acids is 2. The molecule has 0 radical (unpaired) electrons. The average molecular weight is 668 g/mol. The molecule has 1 atom stereocenters. The average Bonchev–Trinajstić information content (AvgIpc) is 3.62. The maximum atomic E-state index is 14.7. The predicted octanol–water partition coefficient (Wildman–Crippen LogP) is 6.71. The number of nitrogens with zero attached hydrogens (tertiary/aromatic N) is 2. The van der Waals surface area contributed by atoms with Gasteiger partial charge in [0.25, 0.3) is 10.0 Å². The van der Waals surface area contributed by atoms with Crippen LogP contribution in [0, 0.1) is 0 Å². The Labute approximate surface area is 284 Å². The van der Waals surface area contributed by atoms with E-state index in [1.165, 1.54) is 17.0 Å². The number of methoxy groups -OCH3 is 1. The summed E-state index contributed by atoms with van der Waals surface area (Å²) in [5.74, 6) is 0.122. The van der Waals surface area contributed by atoms with Gasteiger partial charge in [0.15, 0.2) is 0 Å². The van der Waals surface area contributed by atoms with Crippen molar-refractivity contribution in [3.8, 4) is 5.75 Å². The molecule has 4 aromatic rings. The van der Waals surface area contributed by atoms with Gasteiger partial charge in [-0.05, 0) is 71.8 Å². The zero-order valence-corrected chi connectivity index (χ0v) is 28.7. The van der Waals surface area contributed by atoms with Gasteiger partial charge < -0.3 is 15.0 Å². The smallest absolute Gasteiger partial charge is 0.264 e. The van der Waals surface area contributed by atoms with Crippen LogP contribution in [0.15, 0.2) is 114 Å². The number of sulfonamides is 1. The summed E-state index contributed by atoms with van der Waals surface area (Å²) in [7, 11) is -2.58. The molecule has 0 heterocycles. The standard InChI is InChI=1S/C39H45N3O5S/c1-29(2)32-21-23-34(24-22-32)42(48(45,46)36-19-8-5-9-20-36)28-38(43)41(27-31-15-12-18-35(25-31)47-3)37(26-30-13-6-4-7-14-30)39(44)40-33-16-10-11-17-33/h4-9,12-15,18-25,29,33,37H,10-11,16-17,26-28H2,1-3H3,(H,40,44). The van der Waals surface area contributed by atoms with Crippen molar-refractivity contribution in [1.29, 1.82) is 0 Å². The van der Waals surface area contributed by atoms with E-state index in [9.17, 15) is 18.0 Å². The van der Waals surface area contributed by atoms with Crippen molar-refractivity contribution < 1.29 is 22.7 Å². The molecule has 0 aromatic heterocycles. The van der Waals surface area contributed by atoms with Crippen LogP contribution < -0.4 is 14.4 Å². The summed E-state index contributed by atoms with van der Waals surface area (Å²) in [4.78, 5) is 30.5. The molecule has 1 aliphatic rings. The topological polar surface area (TPSA) is 96.0 Å². The van der Waals surface area contributed by atoms with Crippen LogP contribution in [0.3, 0.4) is 0 Å². The molecular formula is C39H45N3O5S. The fourth-order valence-corrected chi connectivity index (χ4v) is 7.60. The van der Waals surface area contributed by atoms with E-state index in [-0.39, 0.29) is 35.7 Å². The van der Waals surface area contributed by atoms with Crippen LogP contribution in [-0.4, -0.2) is 50.9 Å². The maximum Gasteiger partial charge on any atom is 0.264 e. The molecule has 8 nitrogen and oxygen atoms in total. The number of amides is 2. The molecule has 1 fully saturated rings. The van der Waals surface area contributed by atoms with E-state index in [0.717, 1.165) is 46.7 Å². The molecule has 0 saturated heterocycles. The molecule has 5 rings (SSSR count). The molecule has 1 unspecified atom stereocenters. The van der Waals surface area contributed by atoms with Crippen molar-refractivity contribution in [1.82, 2.24) is 10.2 Å². The highest BCUT2D eigenvalue weighted by atomic mass is 32.2. The highest BCUT2D eigenvalue weighted by molar-refractivity contribution is 7.92. The first-order valence-corrected chi connectivity index (χ1v) is 18.0. The molecule has 0 aliphatic heterocycles. The summed E-state index contributed by atoms with van der Waals surface area (Å²) in [6, 6.07) is 31.5. The van der Waals surface area contributed by atoms with Gasteiger partial charge in [-0.25, -0.2) is 8.42 Å². The summed E-state index contributed by atoms with van der Waals surface area (Å²) >= 11 is 0. The molecule has 252 valence electrons. The lowest BCUT2D eigenvalue weighted by molar-refractivity contribution is -0.140. The number of carbonyl (C=O) groups is 2. The number of benzene rings is 4. The zero-order chi connectivity index (χ0) is 34.1. The van der Waals surface area contributed by atoms with E-state index in [1.807, 2.05) is 66.7 Å². The Hall–Kier alpha value is -4.63. The fourth-order valence-electron chi connectivity index (χ4n) is 6.16. The van der Waals surface area contributed by atoms with E-state index in [1.54, 1.807) is 37.4 Å². The SMILES string of the molecule is COc1cccc(CN(C(=O)CN(c2ccc(C(C)C)cc2)S(=O)(=O)c2ccccc2)C(Cc2ccccc2)C(=O)NC2CCCC2)c1. The van der Waals surface area contributed by atoms with E-state index in [0.29, 0.717) is 11.4 Å². The summed E-state index contributed by atoms with van der Waals surface area (Å²) in [6.45, 7) is 3.72. The van der Waals surface area contributed by atoms with Crippen molar-refractivity contribution >= 4 is 27.5 Å². The minimum absolute atomic E-state index is 0.0407. The number of hydrogen-bond acceptors (Lipinski definition) is 5. The minimum atomic E-state index is -4.16. The number of ether oxygens (including phenoxy) is 1. The van der Waals surface area contributed by atoms with Gasteiger partial charge in [0.2, 0.25) is 11.8 Å². The Kier molecular flexibility index (Phi) is 11.5. The normalized spacial score (nSPS) is 14.0. The molecule has 1 saturated carbocycles. The Morgan fingerprint density at radius 3 is 2.08 bits per heavy atom. The molecule has 48 heavy (non-hydrogen) atoms. The second-order valence-electron chi connectivity index (χ2n) is 12.6. The Bertz CT molecular complexity index is 1760. The number of nitrogens with one attached hydrogen (secondary N) is 1. The summed E-state index contributed by atoms with van der Waals surface area (Å²) in [5.41, 5.74) is 3.07. The largest absolute Gasteiger partial charge is 0.497 e. The van der Waals surface area contributed by atoms with Gasteiger partial charge in [0.05, 0.1) is 17.7 Å². The van der Waals surface area contributed by atoms with Crippen LogP contribution in [-0.2, 0) is 32.6 Å². The zero-order valence-electron chi connectivity index (χ0n) is 27.9.